The average molecular weight is 568 g/mol. The van der Waals surface area contributed by atoms with E-state index in [9.17, 15) is 0 Å². The van der Waals surface area contributed by atoms with E-state index in [-0.39, 0.29) is 0 Å². The molecule has 0 aliphatic heterocycles. The van der Waals surface area contributed by atoms with Crippen molar-refractivity contribution in [2.24, 2.45) is 0 Å². The van der Waals surface area contributed by atoms with Crippen LogP contribution in [0, 0.1) is 0 Å². The molecule has 0 atom stereocenters. The zero-order valence-corrected chi connectivity index (χ0v) is 24.4. The number of benzene rings is 8. The van der Waals surface area contributed by atoms with E-state index in [1.165, 1.54) is 105 Å². The molecule has 0 radical (unpaired) electrons. The molecule has 0 spiro atoms. The first kappa shape index (κ1) is 23.5. The Morgan fingerprint density at radius 3 is 1.64 bits per heavy atom. The number of rotatable bonds is 2. The van der Waals surface area contributed by atoms with Crippen molar-refractivity contribution in [1.82, 2.24) is 4.57 Å². The lowest BCUT2D eigenvalue weighted by molar-refractivity contribution is 1.18. The summed E-state index contributed by atoms with van der Waals surface area (Å²) in [4.78, 5) is 0. The van der Waals surface area contributed by atoms with Gasteiger partial charge in [-0.25, -0.2) is 0 Å². The molecule has 0 bridgehead atoms. The Bertz CT molecular complexity index is 2720. The van der Waals surface area contributed by atoms with Gasteiger partial charge in [0.25, 0.3) is 0 Å². The molecule has 1 nitrogen and oxygen atoms in total. The van der Waals surface area contributed by atoms with Gasteiger partial charge in [-0.05, 0) is 95.9 Å². The predicted molar refractivity (Wildman–Crippen MR) is 190 cm³/mol. The van der Waals surface area contributed by atoms with E-state index in [1.54, 1.807) is 0 Å². The van der Waals surface area contributed by atoms with Crippen molar-refractivity contribution in [2.45, 2.75) is 0 Å². The molecule has 8 aromatic carbocycles. The molecule has 1 heterocycles. The third kappa shape index (κ3) is 2.93. The van der Waals surface area contributed by atoms with Crippen LogP contribution in [-0.2, 0) is 0 Å². The Morgan fingerprint density at radius 2 is 0.844 bits per heavy atom. The standard InChI is InChI=1S/C44H25N/c1-2-13-28-27(12-1)32-18-9-19-33-29(22-23-36(28)44(32)33)30-14-3-5-20-40(30)45-41-21-6-4-15-31(41)39-24-37-34-16-7-10-26-11-8-17-35(43(26)34)38(37)25-42(39)45/h1-25H. The van der Waals surface area contributed by atoms with Gasteiger partial charge in [-0.3, -0.25) is 0 Å². The molecular formula is C44H25N. The van der Waals surface area contributed by atoms with Crippen LogP contribution in [0.3, 0.4) is 0 Å². The maximum Gasteiger partial charge on any atom is 0.0547 e. The molecule has 2 aliphatic carbocycles. The molecule has 0 fully saturated rings. The predicted octanol–water partition coefficient (Wildman–Crippen LogP) is 12.1. The second kappa shape index (κ2) is 8.37. The molecule has 0 unspecified atom stereocenters. The van der Waals surface area contributed by atoms with Crippen molar-refractivity contribution < 1.29 is 0 Å². The van der Waals surface area contributed by atoms with Gasteiger partial charge in [0.05, 0.1) is 16.7 Å². The van der Waals surface area contributed by atoms with Crippen molar-refractivity contribution >= 4 is 43.4 Å². The number of nitrogens with zero attached hydrogens (tertiary/aromatic N) is 1. The Hall–Kier alpha value is -5.92. The molecule has 9 aromatic rings. The van der Waals surface area contributed by atoms with Gasteiger partial charge in [-0.2, -0.15) is 0 Å². The molecule has 0 saturated carbocycles. The van der Waals surface area contributed by atoms with Crippen molar-refractivity contribution in [1.29, 1.82) is 0 Å². The highest BCUT2D eigenvalue weighted by atomic mass is 15.0. The molecule has 2 aliphatic rings. The van der Waals surface area contributed by atoms with E-state index in [0.717, 1.165) is 0 Å². The van der Waals surface area contributed by atoms with Crippen LogP contribution in [0.15, 0.2) is 152 Å². The Labute approximate surface area is 260 Å². The van der Waals surface area contributed by atoms with Gasteiger partial charge in [-0.1, -0.05) is 127 Å². The molecule has 11 rings (SSSR count). The SMILES string of the molecule is c1ccc2c(c1)-c1cccc3c(-c4ccccc4-n4c5ccccc5c5cc6c(cc54)-c4cccc5cccc-6c45)ccc-2c13. The second-order valence-corrected chi connectivity index (χ2v) is 12.4. The lowest BCUT2D eigenvalue weighted by atomic mass is 9.93. The van der Waals surface area contributed by atoms with Crippen LogP contribution in [0.5, 0.6) is 0 Å². The summed E-state index contributed by atoms with van der Waals surface area (Å²) in [6, 6.07) is 56.4. The second-order valence-electron chi connectivity index (χ2n) is 12.4. The van der Waals surface area contributed by atoms with Crippen LogP contribution in [0.1, 0.15) is 0 Å². The number of para-hydroxylation sites is 2. The summed E-state index contributed by atoms with van der Waals surface area (Å²) in [6.45, 7) is 0. The third-order valence-electron chi connectivity index (χ3n) is 10.3. The van der Waals surface area contributed by atoms with Gasteiger partial charge >= 0.3 is 0 Å². The lowest BCUT2D eigenvalue weighted by Gasteiger charge is -2.17. The summed E-state index contributed by atoms with van der Waals surface area (Å²) in [7, 11) is 0. The van der Waals surface area contributed by atoms with Crippen LogP contribution >= 0.6 is 0 Å². The summed E-state index contributed by atoms with van der Waals surface area (Å²) in [5.74, 6) is 0. The van der Waals surface area contributed by atoms with Gasteiger partial charge < -0.3 is 4.57 Å². The highest BCUT2D eigenvalue weighted by molar-refractivity contribution is 6.21. The Balaban J connectivity index is 1.22. The van der Waals surface area contributed by atoms with Crippen LogP contribution in [-0.4, -0.2) is 4.57 Å². The van der Waals surface area contributed by atoms with Crippen LogP contribution in [0.4, 0.5) is 0 Å². The molecular weight excluding hydrogens is 542 g/mol. The summed E-state index contributed by atoms with van der Waals surface area (Å²) in [5.41, 5.74) is 16.8. The third-order valence-corrected chi connectivity index (χ3v) is 10.3. The lowest BCUT2D eigenvalue weighted by Crippen LogP contribution is -1.98. The monoisotopic (exact) mass is 567 g/mol. The largest absolute Gasteiger partial charge is 0.309 e. The number of aromatic nitrogens is 1. The van der Waals surface area contributed by atoms with E-state index in [4.69, 9.17) is 0 Å². The molecule has 45 heavy (non-hydrogen) atoms. The first-order valence-corrected chi connectivity index (χ1v) is 15.7. The topological polar surface area (TPSA) is 4.93 Å². The number of hydrogen-bond acceptors (Lipinski definition) is 0. The highest BCUT2D eigenvalue weighted by Crippen LogP contribution is 2.52. The summed E-state index contributed by atoms with van der Waals surface area (Å²) in [5, 5.41) is 7.91. The molecule has 0 N–H and O–H groups in total. The minimum atomic E-state index is 1.20. The zero-order valence-electron chi connectivity index (χ0n) is 24.4. The van der Waals surface area contributed by atoms with Crippen molar-refractivity contribution in [3.8, 4) is 61.3 Å². The van der Waals surface area contributed by atoms with Gasteiger partial charge in [-0.15, -0.1) is 0 Å². The van der Waals surface area contributed by atoms with Crippen LogP contribution < -0.4 is 0 Å². The fourth-order valence-corrected chi connectivity index (χ4v) is 8.45. The maximum absolute atomic E-state index is 2.50. The molecule has 0 amide bonds. The Morgan fingerprint density at radius 1 is 0.289 bits per heavy atom. The fourth-order valence-electron chi connectivity index (χ4n) is 8.45. The van der Waals surface area contributed by atoms with E-state index in [1.807, 2.05) is 0 Å². The molecule has 1 heteroatoms. The minimum absolute atomic E-state index is 1.20. The van der Waals surface area contributed by atoms with Crippen molar-refractivity contribution in [3.63, 3.8) is 0 Å². The van der Waals surface area contributed by atoms with E-state index in [0.29, 0.717) is 0 Å². The molecule has 206 valence electrons. The van der Waals surface area contributed by atoms with E-state index in [2.05, 4.69) is 156 Å². The van der Waals surface area contributed by atoms with Crippen molar-refractivity contribution in [2.75, 3.05) is 0 Å². The van der Waals surface area contributed by atoms with Gasteiger partial charge in [0.1, 0.15) is 0 Å². The summed E-state index contributed by atoms with van der Waals surface area (Å²) >= 11 is 0. The summed E-state index contributed by atoms with van der Waals surface area (Å²) < 4.78 is 2.50. The van der Waals surface area contributed by atoms with Gasteiger partial charge in [0.2, 0.25) is 0 Å². The van der Waals surface area contributed by atoms with Crippen LogP contribution in [0.25, 0.3) is 105 Å². The first-order chi connectivity index (χ1) is 22.3. The number of hydrogen-bond donors (Lipinski definition) is 0. The van der Waals surface area contributed by atoms with E-state index >= 15 is 0 Å². The molecule has 0 saturated heterocycles. The van der Waals surface area contributed by atoms with Crippen molar-refractivity contribution in [3.05, 3.63) is 152 Å². The van der Waals surface area contributed by atoms with E-state index < -0.39 is 0 Å². The summed E-state index contributed by atoms with van der Waals surface area (Å²) in [6.07, 6.45) is 0. The molecule has 1 aromatic heterocycles. The fraction of sp³-hybridized carbons (Fsp3) is 0. The highest BCUT2D eigenvalue weighted by Gasteiger charge is 2.26. The smallest absolute Gasteiger partial charge is 0.0547 e. The van der Waals surface area contributed by atoms with Crippen LogP contribution in [0.2, 0.25) is 0 Å². The Kier molecular flexibility index (Phi) is 4.38. The normalized spacial score (nSPS) is 12.4. The minimum Gasteiger partial charge on any atom is -0.309 e. The zero-order chi connectivity index (χ0) is 29.2. The quantitative estimate of drug-likeness (QED) is 0.196. The van der Waals surface area contributed by atoms with Gasteiger partial charge in [0, 0.05) is 16.3 Å². The average Bonchev–Trinajstić information content (AvgIpc) is 3.72. The first-order valence-electron chi connectivity index (χ1n) is 15.7. The van der Waals surface area contributed by atoms with Gasteiger partial charge in [0.15, 0.2) is 0 Å². The maximum atomic E-state index is 2.50. The number of fused-ring (bicyclic) bond motifs is 9.